The Bertz CT molecular complexity index is 719. The number of hydrogen-bond donors (Lipinski definition) is 0. The largest absolute Gasteiger partial charge is 0.449 e. The molecule has 0 spiro atoms. The van der Waals surface area contributed by atoms with E-state index in [1.165, 1.54) is 17.9 Å². The summed E-state index contributed by atoms with van der Waals surface area (Å²) in [6.07, 6.45) is -0.956. The van der Waals surface area contributed by atoms with Crippen LogP contribution in [0, 0.1) is 0 Å². The van der Waals surface area contributed by atoms with Crippen LogP contribution in [0.2, 0.25) is 10.0 Å². The van der Waals surface area contributed by atoms with E-state index in [1.807, 2.05) is 18.2 Å². The second kappa shape index (κ2) is 7.49. The molecule has 0 bridgehead atoms. The molecule has 4 nitrogen and oxygen atoms in total. The number of benzene rings is 2. The molecule has 1 atom stereocenters. The molecule has 2 rings (SSSR count). The number of rotatable bonds is 4. The summed E-state index contributed by atoms with van der Waals surface area (Å²) in [5.74, 6) is -1.04. The van der Waals surface area contributed by atoms with E-state index in [1.54, 1.807) is 31.3 Å². The highest BCUT2D eigenvalue weighted by molar-refractivity contribution is 6.43. The summed E-state index contributed by atoms with van der Waals surface area (Å²) in [4.78, 5) is 25.9. The van der Waals surface area contributed by atoms with Crippen LogP contribution < -0.4 is 4.90 Å². The fourth-order valence-corrected chi connectivity index (χ4v) is 2.37. The number of amides is 1. The first-order valence-electron chi connectivity index (χ1n) is 6.89. The Hall–Kier alpha value is -2.04. The topological polar surface area (TPSA) is 46.6 Å². The number of nitrogens with zero attached hydrogens (tertiary/aromatic N) is 1. The number of carbonyl (C=O) groups excluding carboxylic acids is 2. The zero-order valence-electron chi connectivity index (χ0n) is 12.6. The zero-order valence-corrected chi connectivity index (χ0v) is 14.1. The molecule has 0 saturated heterocycles. The average Bonchev–Trinajstić information content (AvgIpc) is 2.56. The van der Waals surface area contributed by atoms with Crippen LogP contribution in [0.15, 0.2) is 48.5 Å². The van der Waals surface area contributed by atoms with Gasteiger partial charge < -0.3 is 9.64 Å². The van der Waals surface area contributed by atoms with Crippen LogP contribution in [-0.2, 0) is 9.53 Å². The SMILES string of the molecule is CC(OC(=O)c1cccc(Cl)c1Cl)C(=O)N(C)c1ccccc1. The minimum absolute atomic E-state index is 0.107. The average molecular weight is 352 g/mol. The van der Waals surface area contributed by atoms with Gasteiger partial charge in [-0.2, -0.15) is 0 Å². The van der Waals surface area contributed by atoms with Crippen molar-refractivity contribution in [3.63, 3.8) is 0 Å². The number of hydrogen-bond acceptors (Lipinski definition) is 3. The van der Waals surface area contributed by atoms with E-state index < -0.39 is 12.1 Å². The van der Waals surface area contributed by atoms with Crippen LogP contribution in [0.4, 0.5) is 5.69 Å². The Balaban J connectivity index is 2.09. The van der Waals surface area contributed by atoms with Crippen LogP contribution in [0.1, 0.15) is 17.3 Å². The van der Waals surface area contributed by atoms with Gasteiger partial charge in [-0.05, 0) is 31.2 Å². The first-order valence-corrected chi connectivity index (χ1v) is 7.65. The number of carbonyl (C=O) groups is 2. The van der Waals surface area contributed by atoms with Crippen molar-refractivity contribution in [2.24, 2.45) is 0 Å². The van der Waals surface area contributed by atoms with Gasteiger partial charge >= 0.3 is 5.97 Å². The number of para-hydroxylation sites is 1. The maximum Gasteiger partial charge on any atom is 0.340 e. The first-order chi connectivity index (χ1) is 10.9. The van der Waals surface area contributed by atoms with E-state index in [2.05, 4.69) is 0 Å². The minimum Gasteiger partial charge on any atom is -0.449 e. The molecule has 1 unspecified atom stereocenters. The van der Waals surface area contributed by atoms with Crippen molar-refractivity contribution in [2.45, 2.75) is 13.0 Å². The van der Waals surface area contributed by atoms with Gasteiger partial charge in [-0.3, -0.25) is 4.79 Å². The number of anilines is 1. The van der Waals surface area contributed by atoms with Gasteiger partial charge in [0.2, 0.25) is 0 Å². The zero-order chi connectivity index (χ0) is 17.0. The molecule has 0 radical (unpaired) electrons. The normalized spacial score (nSPS) is 11.7. The van der Waals surface area contributed by atoms with Gasteiger partial charge in [0.15, 0.2) is 6.10 Å². The maximum absolute atomic E-state index is 12.4. The van der Waals surface area contributed by atoms with Crippen molar-refractivity contribution in [2.75, 3.05) is 11.9 Å². The summed E-state index contributed by atoms with van der Waals surface area (Å²) in [5.41, 5.74) is 0.836. The van der Waals surface area contributed by atoms with Crippen molar-refractivity contribution >= 4 is 40.8 Å². The highest BCUT2D eigenvalue weighted by Gasteiger charge is 2.24. The quantitative estimate of drug-likeness (QED) is 0.775. The fraction of sp³-hybridized carbons (Fsp3) is 0.176. The lowest BCUT2D eigenvalue weighted by Gasteiger charge is -2.21. The molecule has 0 fully saturated rings. The molecule has 2 aromatic rings. The molecule has 23 heavy (non-hydrogen) atoms. The van der Waals surface area contributed by atoms with Crippen LogP contribution in [-0.4, -0.2) is 25.0 Å². The molecule has 0 aliphatic rings. The second-order valence-corrected chi connectivity index (χ2v) is 5.67. The molecule has 0 aliphatic carbocycles. The Kier molecular flexibility index (Phi) is 5.64. The Morgan fingerprint density at radius 2 is 1.70 bits per heavy atom. The van der Waals surface area contributed by atoms with E-state index in [0.29, 0.717) is 5.69 Å². The Morgan fingerprint density at radius 3 is 2.35 bits per heavy atom. The number of likely N-dealkylation sites (N-methyl/N-ethyl adjacent to an activating group) is 1. The van der Waals surface area contributed by atoms with Gasteiger partial charge in [-0.15, -0.1) is 0 Å². The van der Waals surface area contributed by atoms with Gasteiger partial charge in [-0.25, -0.2) is 4.79 Å². The van der Waals surface area contributed by atoms with Crippen molar-refractivity contribution < 1.29 is 14.3 Å². The highest BCUT2D eigenvalue weighted by Crippen LogP contribution is 2.26. The minimum atomic E-state index is -0.956. The maximum atomic E-state index is 12.4. The van der Waals surface area contributed by atoms with Crippen molar-refractivity contribution in [3.8, 4) is 0 Å². The number of esters is 1. The third-order valence-corrected chi connectivity index (χ3v) is 4.10. The molecule has 0 N–H and O–H groups in total. The molecule has 2 aromatic carbocycles. The van der Waals surface area contributed by atoms with Gasteiger partial charge in [0.1, 0.15) is 0 Å². The summed E-state index contributed by atoms with van der Waals surface area (Å²) in [6, 6.07) is 13.7. The molecule has 6 heteroatoms. The van der Waals surface area contributed by atoms with Crippen molar-refractivity contribution in [1.29, 1.82) is 0 Å². The Labute approximate surface area is 144 Å². The van der Waals surface area contributed by atoms with E-state index >= 15 is 0 Å². The van der Waals surface area contributed by atoms with E-state index in [-0.39, 0.29) is 21.5 Å². The standard InChI is InChI=1S/C17H15Cl2NO3/c1-11(16(21)20(2)12-7-4-3-5-8-12)23-17(22)13-9-6-10-14(18)15(13)19/h3-11H,1-2H3. The molecule has 0 heterocycles. The lowest BCUT2D eigenvalue weighted by Crippen LogP contribution is -2.37. The van der Waals surface area contributed by atoms with Crippen LogP contribution in [0.25, 0.3) is 0 Å². The van der Waals surface area contributed by atoms with Gasteiger partial charge in [-0.1, -0.05) is 47.5 Å². The Morgan fingerprint density at radius 1 is 1.04 bits per heavy atom. The van der Waals surface area contributed by atoms with Crippen LogP contribution in [0.5, 0.6) is 0 Å². The predicted molar refractivity (Wildman–Crippen MR) is 91.2 cm³/mol. The third-order valence-electron chi connectivity index (χ3n) is 3.28. The number of ether oxygens (including phenoxy) is 1. The highest BCUT2D eigenvalue weighted by atomic mass is 35.5. The van der Waals surface area contributed by atoms with E-state index in [0.717, 1.165) is 0 Å². The van der Waals surface area contributed by atoms with Crippen molar-refractivity contribution in [1.82, 2.24) is 0 Å². The van der Waals surface area contributed by atoms with Gasteiger partial charge in [0.25, 0.3) is 5.91 Å². The lowest BCUT2D eigenvalue weighted by molar-refractivity contribution is -0.126. The number of halogens is 2. The van der Waals surface area contributed by atoms with Crippen molar-refractivity contribution in [3.05, 3.63) is 64.1 Å². The monoisotopic (exact) mass is 351 g/mol. The molecular weight excluding hydrogens is 337 g/mol. The molecule has 0 aliphatic heterocycles. The summed E-state index contributed by atoms with van der Waals surface area (Å²) in [5, 5.41) is 0.358. The predicted octanol–water partition coefficient (Wildman–Crippen LogP) is 4.20. The second-order valence-electron chi connectivity index (χ2n) is 4.88. The van der Waals surface area contributed by atoms with E-state index in [4.69, 9.17) is 27.9 Å². The van der Waals surface area contributed by atoms with Crippen LogP contribution in [0.3, 0.4) is 0 Å². The summed E-state index contributed by atoms with van der Waals surface area (Å²) < 4.78 is 5.20. The summed E-state index contributed by atoms with van der Waals surface area (Å²) in [6.45, 7) is 1.51. The smallest absolute Gasteiger partial charge is 0.340 e. The fourth-order valence-electron chi connectivity index (χ4n) is 1.99. The van der Waals surface area contributed by atoms with Crippen LogP contribution >= 0.6 is 23.2 Å². The first kappa shape index (κ1) is 17.3. The summed E-state index contributed by atoms with van der Waals surface area (Å²) >= 11 is 11.9. The van der Waals surface area contributed by atoms with E-state index in [9.17, 15) is 9.59 Å². The molecular formula is C17H15Cl2NO3. The summed E-state index contributed by atoms with van der Waals surface area (Å²) in [7, 11) is 1.62. The lowest BCUT2D eigenvalue weighted by atomic mass is 10.2. The third kappa shape index (κ3) is 4.03. The van der Waals surface area contributed by atoms with Gasteiger partial charge in [0.05, 0.1) is 15.6 Å². The van der Waals surface area contributed by atoms with Gasteiger partial charge in [0, 0.05) is 12.7 Å². The molecule has 0 aromatic heterocycles. The molecule has 120 valence electrons. The molecule has 0 saturated carbocycles. The molecule has 1 amide bonds.